The lowest BCUT2D eigenvalue weighted by Gasteiger charge is -2.15. The first-order valence-electron chi connectivity index (χ1n) is 6.64. The second kappa shape index (κ2) is 5.73. The lowest BCUT2D eigenvalue weighted by molar-refractivity contribution is 0.0690. The monoisotopic (exact) mass is 261 g/mol. The molecule has 2 N–H and O–H groups in total. The number of hydrogen-bond donors (Lipinski definition) is 2. The number of anilines is 1. The Bertz CT molecular complexity index is 577. The summed E-state index contributed by atoms with van der Waals surface area (Å²) in [5, 5.41) is 12.6. The van der Waals surface area contributed by atoms with Crippen molar-refractivity contribution in [3.63, 3.8) is 0 Å². The van der Waals surface area contributed by atoms with Gasteiger partial charge in [0.1, 0.15) is 5.65 Å². The topological polar surface area (TPSA) is 66.6 Å². The van der Waals surface area contributed by atoms with Crippen LogP contribution < -0.4 is 5.32 Å². The molecule has 0 radical (unpaired) electrons. The van der Waals surface area contributed by atoms with Gasteiger partial charge in [0.2, 0.25) is 0 Å². The number of carboxylic acids is 1. The Hall–Kier alpha value is -2.04. The molecule has 0 aliphatic heterocycles. The van der Waals surface area contributed by atoms with Crippen molar-refractivity contribution in [1.29, 1.82) is 0 Å². The zero-order chi connectivity index (χ0) is 13.8. The average Bonchev–Trinajstić information content (AvgIpc) is 2.76. The summed E-state index contributed by atoms with van der Waals surface area (Å²) >= 11 is 0. The minimum Gasteiger partial charge on any atom is -0.476 e. The van der Waals surface area contributed by atoms with E-state index in [2.05, 4.69) is 24.1 Å². The Labute approximate surface area is 112 Å². The van der Waals surface area contributed by atoms with Gasteiger partial charge in [-0.2, -0.15) is 0 Å². The van der Waals surface area contributed by atoms with Crippen LogP contribution in [0.5, 0.6) is 0 Å². The SMILES string of the molecule is CCCC(CC)Nc1nc2ccccn2c1C(=O)O. The lowest BCUT2D eigenvalue weighted by atomic mass is 10.1. The third-order valence-electron chi connectivity index (χ3n) is 3.20. The van der Waals surface area contributed by atoms with Crippen LogP contribution in [0.25, 0.3) is 5.65 Å². The minimum atomic E-state index is -0.965. The number of carbonyl (C=O) groups is 1. The molecule has 5 heteroatoms. The number of pyridine rings is 1. The van der Waals surface area contributed by atoms with Crippen LogP contribution in [0.4, 0.5) is 5.82 Å². The molecule has 0 aliphatic rings. The molecule has 1 unspecified atom stereocenters. The third-order valence-corrected chi connectivity index (χ3v) is 3.20. The van der Waals surface area contributed by atoms with Gasteiger partial charge in [0.05, 0.1) is 0 Å². The summed E-state index contributed by atoms with van der Waals surface area (Å²) in [6.45, 7) is 4.20. The third kappa shape index (κ3) is 2.70. The Kier molecular flexibility index (Phi) is 4.04. The molecule has 102 valence electrons. The van der Waals surface area contributed by atoms with Crippen LogP contribution in [0, 0.1) is 0 Å². The van der Waals surface area contributed by atoms with Crippen LogP contribution in [0.15, 0.2) is 24.4 Å². The number of carboxylic acid groups (broad SMARTS) is 1. The van der Waals surface area contributed by atoms with Crippen molar-refractivity contribution in [2.45, 2.75) is 39.2 Å². The Morgan fingerprint density at radius 1 is 1.47 bits per heavy atom. The maximum Gasteiger partial charge on any atom is 0.356 e. The molecule has 0 saturated heterocycles. The van der Waals surface area contributed by atoms with Crippen LogP contribution >= 0.6 is 0 Å². The normalized spacial score (nSPS) is 12.5. The molecule has 0 spiro atoms. The summed E-state index contributed by atoms with van der Waals surface area (Å²) in [5.74, 6) is -0.508. The fraction of sp³-hybridized carbons (Fsp3) is 0.429. The minimum absolute atomic E-state index is 0.199. The summed E-state index contributed by atoms with van der Waals surface area (Å²) in [4.78, 5) is 15.8. The molecule has 0 saturated carbocycles. The maximum atomic E-state index is 11.4. The molecular formula is C14H19N3O2. The van der Waals surface area contributed by atoms with Gasteiger partial charge in [-0.1, -0.05) is 26.3 Å². The fourth-order valence-electron chi connectivity index (χ4n) is 2.22. The Morgan fingerprint density at radius 3 is 2.89 bits per heavy atom. The van der Waals surface area contributed by atoms with Gasteiger partial charge in [0.15, 0.2) is 11.5 Å². The predicted molar refractivity (Wildman–Crippen MR) is 74.8 cm³/mol. The Balaban J connectivity index is 2.41. The maximum absolute atomic E-state index is 11.4. The van der Waals surface area contributed by atoms with Gasteiger partial charge in [-0.3, -0.25) is 4.40 Å². The van der Waals surface area contributed by atoms with Gasteiger partial charge in [-0.05, 0) is 25.0 Å². The van der Waals surface area contributed by atoms with E-state index in [-0.39, 0.29) is 11.7 Å². The largest absolute Gasteiger partial charge is 0.476 e. The first kappa shape index (κ1) is 13.4. The number of imidazole rings is 1. The van der Waals surface area contributed by atoms with E-state index in [1.807, 2.05) is 6.07 Å². The molecule has 2 heterocycles. The van der Waals surface area contributed by atoms with Crippen molar-refractivity contribution in [3.8, 4) is 0 Å². The molecule has 2 aromatic heterocycles. The molecule has 0 aromatic carbocycles. The molecule has 0 amide bonds. The van der Waals surface area contributed by atoms with Crippen LogP contribution in [0.3, 0.4) is 0 Å². The average molecular weight is 261 g/mol. The quantitative estimate of drug-likeness (QED) is 0.838. The van der Waals surface area contributed by atoms with E-state index in [9.17, 15) is 9.90 Å². The number of rotatable bonds is 6. The van der Waals surface area contributed by atoms with Crippen molar-refractivity contribution < 1.29 is 9.90 Å². The number of aromatic carboxylic acids is 1. The molecule has 0 fully saturated rings. The van der Waals surface area contributed by atoms with Crippen molar-refractivity contribution in [1.82, 2.24) is 9.38 Å². The van der Waals surface area contributed by atoms with Gasteiger partial charge >= 0.3 is 5.97 Å². The zero-order valence-corrected chi connectivity index (χ0v) is 11.3. The van der Waals surface area contributed by atoms with Crippen LogP contribution in [0.1, 0.15) is 43.6 Å². The van der Waals surface area contributed by atoms with Crippen LogP contribution in [0.2, 0.25) is 0 Å². The van der Waals surface area contributed by atoms with Crippen LogP contribution in [-0.4, -0.2) is 26.5 Å². The predicted octanol–water partition coefficient (Wildman–Crippen LogP) is 3.02. The van der Waals surface area contributed by atoms with Crippen molar-refractivity contribution in [2.75, 3.05) is 5.32 Å². The van der Waals surface area contributed by atoms with Crippen molar-refractivity contribution >= 4 is 17.4 Å². The second-order valence-electron chi connectivity index (χ2n) is 4.58. The van der Waals surface area contributed by atoms with E-state index >= 15 is 0 Å². The lowest BCUT2D eigenvalue weighted by Crippen LogP contribution is -2.20. The molecular weight excluding hydrogens is 242 g/mol. The molecule has 1 atom stereocenters. The Morgan fingerprint density at radius 2 is 2.26 bits per heavy atom. The van der Waals surface area contributed by atoms with Crippen molar-refractivity contribution in [2.24, 2.45) is 0 Å². The van der Waals surface area contributed by atoms with Gasteiger partial charge in [-0.25, -0.2) is 9.78 Å². The highest BCUT2D eigenvalue weighted by Crippen LogP contribution is 2.20. The van der Waals surface area contributed by atoms with E-state index in [0.717, 1.165) is 19.3 Å². The van der Waals surface area contributed by atoms with E-state index in [0.29, 0.717) is 11.5 Å². The standard InChI is InChI=1S/C14H19N3O2/c1-3-7-10(4-2)15-13-12(14(18)19)17-9-6-5-8-11(17)16-13/h5-6,8-10,15H,3-4,7H2,1-2H3,(H,18,19). The van der Waals surface area contributed by atoms with E-state index < -0.39 is 5.97 Å². The summed E-state index contributed by atoms with van der Waals surface area (Å²) in [6, 6.07) is 5.71. The second-order valence-corrected chi connectivity index (χ2v) is 4.58. The molecule has 2 rings (SSSR count). The number of hydrogen-bond acceptors (Lipinski definition) is 3. The summed E-state index contributed by atoms with van der Waals surface area (Å²) in [6.07, 6.45) is 4.73. The van der Waals surface area contributed by atoms with Gasteiger partial charge < -0.3 is 10.4 Å². The molecule has 5 nitrogen and oxygen atoms in total. The first-order chi connectivity index (χ1) is 9.17. The molecule has 2 aromatic rings. The van der Waals surface area contributed by atoms with E-state index in [1.54, 1.807) is 22.7 Å². The number of nitrogens with zero attached hydrogens (tertiary/aromatic N) is 2. The van der Waals surface area contributed by atoms with Crippen molar-refractivity contribution in [3.05, 3.63) is 30.1 Å². The van der Waals surface area contributed by atoms with Gasteiger partial charge in [-0.15, -0.1) is 0 Å². The van der Waals surface area contributed by atoms with E-state index in [1.165, 1.54) is 0 Å². The molecule has 19 heavy (non-hydrogen) atoms. The number of nitrogens with one attached hydrogen (secondary N) is 1. The zero-order valence-electron chi connectivity index (χ0n) is 11.3. The number of fused-ring (bicyclic) bond motifs is 1. The first-order valence-corrected chi connectivity index (χ1v) is 6.64. The van der Waals surface area contributed by atoms with Gasteiger partial charge in [0.25, 0.3) is 0 Å². The summed E-state index contributed by atoms with van der Waals surface area (Å²) < 4.78 is 1.60. The highest BCUT2D eigenvalue weighted by Gasteiger charge is 2.19. The number of aromatic nitrogens is 2. The fourth-order valence-corrected chi connectivity index (χ4v) is 2.22. The molecule has 0 bridgehead atoms. The smallest absolute Gasteiger partial charge is 0.356 e. The van der Waals surface area contributed by atoms with Gasteiger partial charge in [0, 0.05) is 12.2 Å². The molecule has 0 aliphatic carbocycles. The summed E-state index contributed by atoms with van der Waals surface area (Å²) in [5.41, 5.74) is 0.846. The van der Waals surface area contributed by atoms with E-state index in [4.69, 9.17) is 0 Å². The summed E-state index contributed by atoms with van der Waals surface area (Å²) in [7, 11) is 0. The highest BCUT2D eigenvalue weighted by atomic mass is 16.4. The van der Waals surface area contributed by atoms with Crippen LogP contribution in [-0.2, 0) is 0 Å². The highest BCUT2D eigenvalue weighted by molar-refractivity contribution is 5.93.